The summed E-state index contributed by atoms with van der Waals surface area (Å²) in [5.74, 6) is 0.452. The lowest BCUT2D eigenvalue weighted by atomic mass is 9.83. The molecule has 0 bridgehead atoms. The van der Waals surface area contributed by atoms with Crippen LogP contribution in [0.4, 0.5) is 0 Å². The van der Waals surface area contributed by atoms with E-state index in [0.717, 1.165) is 33.7 Å². The van der Waals surface area contributed by atoms with Gasteiger partial charge in [0.2, 0.25) is 0 Å². The van der Waals surface area contributed by atoms with Gasteiger partial charge in [-0.25, -0.2) is 0 Å². The lowest BCUT2D eigenvalue weighted by Gasteiger charge is -2.36. The summed E-state index contributed by atoms with van der Waals surface area (Å²) in [4.78, 5) is 12.4. The second-order valence-corrected chi connectivity index (χ2v) is 7.42. The summed E-state index contributed by atoms with van der Waals surface area (Å²) in [6.07, 6.45) is 5.47. The Kier molecular flexibility index (Phi) is 5.55. The lowest BCUT2D eigenvalue weighted by molar-refractivity contribution is 0.0884. The van der Waals surface area contributed by atoms with Gasteiger partial charge >= 0.3 is 0 Å². The van der Waals surface area contributed by atoms with Crippen LogP contribution in [0.3, 0.4) is 0 Å². The van der Waals surface area contributed by atoms with E-state index in [9.17, 15) is 4.79 Å². The summed E-state index contributed by atoms with van der Waals surface area (Å²) < 4.78 is 1.88. The molecule has 1 saturated carbocycles. The van der Waals surface area contributed by atoms with E-state index in [1.807, 2.05) is 18.2 Å². The number of rotatable bonds is 3. The van der Waals surface area contributed by atoms with Crippen LogP contribution in [0.1, 0.15) is 42.5 Å². The van der Waals surface area contributed by atoms with Gasteiger partial charge in [-0.15, -0.1) is 11.6 Å². The first-order chi connectivity index (χ1) is 9.06. The van der Waals surface area contributed by atoms with Crippen molar-refractivity contribution in [1.29, 1.82) is 0 Å². The second-order valence-electron chi connectivity index (χ2n) is 5.05. The number of alkyl halides is 1. The van der Waals surface area contributed by atoms with Gasteiger partial charge in [0.1, 0.15) is 0 Å². The highest BCUT2D eigenvalue weighted by atomic mass is 127. The van der Waals surface area contributed by atoms with Crippen molar-refractivity contribution in [2.75, 3.05) is 5.88 Å². The molecule has 1 aromatic rings. The Balaban J connectivity index is 2.17. The molecule has 1 amide bonds. The van der Waals surface area contributed by atoms with Crippen LogP contribution < -0.4 is 5.32 Å². The Hall–Kier alpha value is 0.190. The molecule has 0 spiro atoms. The smallest absolute Gasteiger partial charge is 0.252 e. The largest absolute Gasteiger partial charge is 0.345 e. The third kappa shape index (κ3) is 3.85. The fourth-order valence-electron chi connectivity index (χ4n) is 2.50. The Morgan fingerprint density at radius 3 is 2.68 bits per heavy atom. The van der Waals surface area contributed by atoms with Crippen molar-refractivity contribution in [3.63, 3.8) is 0 Å². The monoisotopic (exact) mass is 455 g/mol. The van der Waals surface area contributed by atoms with Gasteiger partial charge in [-0.05, 0) is 69.6 Å². The first kappa shape index (κ1) is 15.6. The Labute approximate surface area is 140 Å². The topological polar surface area (TPSA) is 29.1 Å². The molecule has 0 radical (unpaired) electrons. The van der Waals surface area contributed by atoms with Crippen LogP contribution in [0.15, 0.2) is 22.7 Å². The minimum atomic E-state index is -0.225. The van der Waals surface area contributed by atoms with Crippen LogP contribution in [0.2, 0.25) is 0 Å². The maximum atomic E-state index is 12.4. The number of carbonyl (C=O) groups excluding carboxylic acids is 1. The molecule has 5 heteroatoms. The minimum absolute atomic E-state index is 0.0343. The molecule has 1 fully saturated rings. The van der Waals surface area contributed by atoms with Crippen molar-refractivity contribution in [3.05, 3.63) is 31.8 Å². The fourth-order valence-corrected chi connectivity index (χ4v) is 3.75. The second kappa shape index (κ2) is 6.76. The SMILES string of the molecule is O=C(NC1(CCl)CCCCC1)c1cc(I)ccc1Br. The molecule has 1 N–H and O–H groups in total. The third-order valence-corrected chi connectivity index (χ3v) is 5.49. The summed E-state index contributed by atoms with van der Waals surface area (Å²) in [5.41, 5.74) is 0.458. The third-order valence-electron chi connectivity index (χ3n) is 3.62. The minimum Gasteiger partial charge on any atom is -0.345 e. The number of halogens is 3. The molecule has 0 aromatic heterocycles. The molecular weight excluding hydrogens is 440 g/mol. The van der Waals surface area contributed by atoms with Crippen molar-refractivity contribution in [2.24, 2.45) is 0 Å². The zero-order valence-electron chi connectivity index (χ0n) is 10.5. The normalized spacial score (nSPS) is 18.1. The van der Waals surface area contributed by atoms with Gasteiger partial charge in [0.05, 0.1) is 11.1 Å². The molecule has 104 valence electrons. The number of hydrogen-bond acceptors (Lipinski definition) is 1. The predicted octanol–water partition coefficient (Wildman–Crippen LogP) is 4.73. The molecule has 0 heterocycles. The molecule has 1 aliphatic rings. The number of amides is 1. The lowest BCUT2D eigenvalue weighted by Crippen LogP contribution is -2.51. The van der Waals surface area contributed by atoms with Gasteiger partial charge in [-0.1, -0.05) is 19.3 Å². The van der Waals surface area contributed by atoms with Crippen LogP contribution >= 0.6 is 50.1 Å². The van der Waals surface area contributed by atoms with Crippen LogP contribution in [-0.2, 0) is 0 Å². The van der Waals surface area contributed by atoms with E-state index in [4.69, 9.17) is 11.6 Å². The van der Waals surface area contributed by atoms with E-state index < -0.39 is 0 Å². The summed E-state index contributed by atoms with van der Waals surface area (Å²) in [6, 6.07) is 5.77. The number of nitrogens with one attached hydrogen (secondary N) is 1. The molecule has 1 aromatic carbocycles. The molecule has 2 nitrogen and oxygen atoms in total. The van der Waals surface area contributed by atoms with Gasteiger partial charge in [0.15, 0.2) is 0 Å². The molecule has 0 aliphatic heterocycles. The van der Waals surface area contributed by atoms with E-state index >= 15 is 0 Å². The number of benzene rings is 1. The summed E-state index contributed by atoms with van der Waals surface area (Å²) in [7, 11) is 0. The fraction of sp³-hybridized carbons (Fsp3) is 0.500. The van der Waals surface area contributed by atoms with Crippen molar-refractivity contribution in [3.8, 4) is 0 Å². The van der Waals surface area contributed by atoms with Crippen LogP contribution in [0.5, 0.6) is 0 Å². The van der Waals surface area contributed by atoms with Crippen molar-refractivity contribution >= 4 is 56.0 Å². The average Bonchev–Trinajstić information content (AvgIpc) is 2.42. The van der Waals surface area contributed by atoms with Crippen LogP contribution in [0.25, 0.3) is 0 Å². The van der Waals surface area contributed by atoms with E-state index in [2.05, 4.69) is 43.8 Å². The van der Waals surface area contributed by atoms with E-state index in [0.29, 0.717) is 11.4 Å². The van der Waals surface area contributed by atoms with Crippen molar-refractivity contribution < 1.29 is 4.79 Å². The molecule has 0 atom stereocenters. The first-order valence-electron chi connectivity index (χ1n) is 6.40. The van der Waals surface area contributed by atoms with E-state index in [1.165, 1.54) is 6.42 Å². The van der Waals surface area contributed by atoms with E-state index in [-0.39, 0.29) is 11.4 Å². The summed E-state index contributed by atoms with van der Waals surface area (Å²) in [6.45, 7) is 0. The van der Waals surface area contributed by atoms with Crippen LogP contribution in [0, 0.1) is 3.57 Å². The van der Waals surface area contributed by atoms with Gasteiger partial charge in [0, 0.05) is 13.9 Å². The van der Waals surface area contributed by atoms with Crippen LogP contribution in [-0.4, -0.2) is 17.3 Å². The van der Waals surface area contributed by atoms with E-state index in [1.54, 1.807) is 0 Å². The maximum absolute atomic E-state index is 12.4. The average molecular weight is 457 g/mol. The molecule has 2 rings (SSSR count). The molecular formula is C14H16BrClINO. The van der Waals surface area contributed by atoms with Gasteiger partial charge in [-0.3, -0.25) is 4.79 Å². The number of carbonyl (C=O) groups is 1. The molecule has 0 unspecified atom stereocenters. The van der Waals surface area contributed by atoms with Crippen molar-refractivity contribution in [2.45, 2.75) is 37.6 Å². The highest BCUT2D eigenvalue weighted by molar-refractivity contribution is 14.1. The predicted molar refractivity (Wildman–Crippen MR) is 90.9 cm³/mol. The Morgan fingerprint density at radius 2 is 2.05 bits per heavy atom. The summed E-state index contributed by atoms with van der Waals surface area (Å²) >= 11 is 11.8. The number of hydrogen-bond donors (Lipinski definition) is 1. The standard InChI is InChI=1S/C14H16BrClINO/c15-12-5-4-10(17)8-11(12)13(19)18-14(9-16)6-2-1-3-7-14/h4-5,8H,1-3,6-7,9H2,(H,18,19). The zero-order chi connectivity index (χ0) is 13.9. The van der Waals surface area contributed by atoms with Crippen molar-refractivity contribution in [1.82, 2.24) is 5.32 Å². The molecule has 19 heavy (non-hydrogen) atoms. The quantitative estimate of drug-likeness (QED) is 0.517. The maximum Gasteiger partial charge on any atom is 0.252 e. The first-order valence-corrected chi connectivity index (χ1v) is 8.80. The Morgan fingerprint density at radius 1 is 1.37 bits per heavy atom. The summed E-state index contributed by atoms with van der Waals surface area (Å²) in [5, 5.41) is 3.16. The Bertz CT molecular complexity index is 475. The molecule has 1 aliphatic carbocycles. The highest BCUT2D eigenvalue weighted by Gasteiger charge is 2.33. The molecule has 0 saturated heterocycles. The van der Waals surface area contributed by atoms with Gasteiger partial charge in [0.25, 0.3) is 5.91 Å². The van der Waals surface area contributed by atoms with Gasteiger partial charge in [-0.2, -0.15) is 0 Å². The van der Waals surface area contributed by atoms with Gasteiger partial charge < -0.3 is 5.32 Å². The zero-order valence-corrected chi connectivity index (χ0v) is 15.0. The highest BCUT2D eigenvalue weighted by Crippen LogP contribution is 2.30.